The highest BCUT2D eigenvalue weighted by Gasteiger charge is 2.38. The molecular weight excluding hydrogens is 484 g/mol. The number of methoxy groups -OCH3 is 2. The smallest absolute Gasteiger partial charge is 0.373 e. The molecule has 0 aromatic carbocycles. The van der Waals surface area contributed by atoms with E-state index >= 15 is 0 Å². The second kappa shape index (κ2) is 16.5. The Kier molecular flexibility index (Phi) is 14.5. The van der Waals surface area contributed by atoms with Crippen molar-refractivity contribution >= 4 is 11.8 Å². The molecule has 0 aromatic rings. The van der Waals surface area contributed by atoms with Gasteiger partial charge in [0.05, 0.1) is 19.3 Å². The minimum atomic E-state index is -1.07. The Balaban J connectivity index is 3.51. The number of aliphatic hydroxyl groups is 2. The van der Waals surface area contributed by atoms with Crippen molar-refractivity contribution in [2.75, 3.05) is 14.2 Å². The quantitative estimate of drug-likeness (QED) is 0.331. The number of ketones is 1. The van der Waals surface area contributed by atoms with Crippen LogP contribution in [0.1, 0.15) is 61.3 Å². The van der Waals surface area contributed by atoms with Gasteiger partial charge in [-0.25, -0.2) is 4.79 Å². The van der Waals surface area contributed by atoms with E-state index in [4.69, 9.17) is 14.2 Å². The van der Waals surface area contributed by atoms with E-state index in [1.165, 1.54) is 14.2 Å². The van der Waals surface area contributed by atoms with Crippen LogP contribution in [0.5, 0.6) is 0 Å². The number of hydrogen-bond donors (Lipinski definition) is 2. The molecular formula is C31H48O7. The molecule has 2 N–H and O–H groups in total. The standard InChI is InChI=1S/C31H48O7/c1-10-11-14-25(32)23(6)29(34)24(7)30-26(36-8)15-12-13-19(2)16-21(4)28(33)22(5)17-20(3)18-27(37-9)31(35)38-30/h10-13,15,17-18,21-24,26,28-30,33-34H,14,16H2,1-9H3/b11-10+,15-12+,19-13+,20-17+,27-18-/t21-,22+,23+,24-,26-,28-,29-,30+/m0/s1. The van der Waals surface area contributed by atoms with Gasteiger partial charge in [-0.1, -0.05) is 75.3 Å². The maximum absolute atomic E-state index is 13.2. The van der Waals surface area contributed by atoms with Gasteiger partial charge in [-0.3, -0.25) is 4.79 Å². The second-order valence-electron chi connectivity index (χ2n) is 10.5. The molecule has 0 unspecified atom stereocenters. The lowest BCUT2D eigenvalue weighted by Crippen LogP contribution is -2.45. The average molecular weight is 533 g/mol. The first-order chi connectivity index (χ1) is 17.9. The third-order valence-electron chi connectivity index (χ3n) is 7.22. The SMILES string of the molecule is C/C=C/CC(=O)[C@@H](C)[C@H](O)[C@H](C)[C@H]1OC(=O)/C(OC)=C/C(C)=C/[C@@H](C)[C@@H](O)[C@@H](C)C/C(C)=C/C=C/[C@@H]1OC. The maximum atomic E-state index is 13.2. The predicted octanol–water partition coefficient (Wildman–Crippen LogP) is 5.10. The van der Waals surface area contributed by atoms with Gasteiger partial charge >= 0.3 is 5.97 Å². The van der Waals surface area contributed by atoms with Crippen molar-refractivity contribution in [1.29, 1.82) is 0 Å². The molecule has 0 saturated carbocycles. The molecule has 0 saturated heterocycles. The van der Waals surface area contributed by atoms with Gasteiger partial charge in [0.1, 0.15) is 18.0 Å². The highest BCUT2D eigenvalue weighted by atomic mass is 16.6. The number of allylic oxidation sites excluding steroid dienone is 7. The van der Waals surface area contributed by atoms with Crippen molar-refractivity contribution in [2.45, 2.75) is 85.7 Å². The number of cyclic esters (lactones) is 1. The Morgan fingerprint density at radius 1 is 1.24 bits per heavy atom. The van der Waals surface area contributed by atoms with Gasteiger partial charge in [0, 0.05) is 31.3 Å². The lowest BCUT2D eigenvalue weighted by atomic mass is 9.84. The van der Waals surface area contributed by atoms with E-state index in [1.54, 1.807) is 38.2 Å². The van der Waals surface area contributed by atoms with E-state index in [9.17, 15) is 19.8 Å². The Labute approximate surface area is 228 Å². The summed E-state index contributed by atoms with van der Waals surface area (Å²) < 4.78 is 17.0. The van der Waals surface area contributed by atoms with Gasteiger partial charge in [-0.2, -0.15) is 0 Å². The minimum absolute atomic E-state index is 0.0148. The van der Waals surface area contributed by atoms with Gasteiger partial charge in [-0.05, 0) is 39.2 Å². The van der Waals surface area contributed by atoms with E-state index in [0.717, 1.165) is 11.1 Å². The van der Waals surface area contributed by atoms with Crippen molar-refractivity contribution in [2.24, 2.45) is 23.7 Å². The summed E-state index contributed by atoms with van der Waals surface area (Å²) >= 11 is 0. The highest BCUT2D eigenvalue weighted by Crippen LogP contribution is 2.27. The summed E-state index contributed by atoms with van der Waals surface area (Å²) in [7, 11) is 2.89. The molecule has 8 atom stereocenters. The summed E-state index contributed by atoms with van der Waals surface area (Å²) in [6.07, 6.45) is 10.3. The summed E-state index contributed by atoms with van der Waals surface area (Å²) in [6, 6.07) is 0. The van der Waals surface area contributed by atoms with Crippen molar-refractivity contribution in [3.63, 3.8) is 0 Å². The zero-order valence-electron chi connectivity index (χ0n) is 24.5. The highest BCUT2D eigenvalue weighted by molar-refractivity contribution is 5.87. The van der Waals surface area contributed by atoms with E-state index < -0.39 is 42.2 Å². The first kappa shape index (κ1) is 33.5. The zero-order chi connectivity index (χ0) is 29.0. The lowest BCUT2D eigenvalue weighted by Gasteiger charge is -2.33. The molecule has 1 aliphatic rings. The van der Waals surface area contributed by atoms with Crippen LogP contribution in [-0.2, 0) is 23.8 Å². The van der Waals surface area contributed by atoms with E-state index in [1.807, 2.05) is 52.8 Å². The van der Waals surface area contributed by atoms with Crippen LogP contribution in [0, 0.1) is 23.7 Å². The van der Waals surface area contributed by atoms with Crippen molar-refractivity contribution < 1.29 is 34.0 Å². The molecule has 7 nitrogen and oxygen atoms in total. The zero-order valence-corrected chi connectivity index (χ0v) is 24.5. The van der Waals surface area contributed by atoms with E-state index in [0.29, 0.717) is 6.42 Å². The van der Waals surface area contributed by atoms with Gasteiger partial charge in [0.2, 0.25) is 5.76 Å². The lowest BCUT2D eigenvalue weighted by molar-refractivity contribution is -0.162. The van der Waals surface area contributed by atoms with E-state index in [2.05, 4.69) is 0 Å². The second-order valence-corrected chi connectivity index (χ2v) is 10.5. The van der Waals surface area contributed by atoms with Crippen LogP contribution in [-0.4, -0.2) is 60.6 Å². The first-order valence-electron chi connectivity index (χ1n) is 13.4. The third-order valence-corrected chi connectivity index (χ3v) is 7.22. The van der Waals surface area contributed by atoms with Crippen LogP contribution < -0.4 is 0 Å². The summed E-state index contributed by atoms with van der Waals surface area (Å²) in [5, 5.41) is 22.0. The molecule has 0 aliphatic carbocycles. The predicted molar refractivity (Wildman–Crippen MR) is 150 cm³/mol. The molecule has 0 bridgehead atoms. The Hall–Kier alpha value is -2.48. The Morgan fingerprint density at radius 2 is 1.89 bits per heavy atom. The van der Waals surface area contributed by atoms with Gasteiger partial charge in [0.25, 0.3) is 0 Å². The number of aliphatic hydroxyl groups excluding tert-OH is 2. The number of hydrogen-bond acceptors (Lipinski definition) is 7. The van der Waals surface area contributed by atoms with Crippen molar-refractivity contribution in [3.05, 3.63) is 59.4 Å². The Morgan fingerprint density at radius 3 is 2.47 bits per heavy atom. The van der Waals surface area contributed by atoms with Crippen LogP contribution >= 0.6 is 0 Å². The largest absolute Gasteiger partial charge is 0.490 e. The number of carbonyl (C=O) groups is 2. The number of Topliss-reactive ketones (excluding diaryl/α,β-unsaturated/α-hetero) is 1. The molecule has 38 heavy (non-hydrogen) atoms. The van der Waals surface area contributed by atoms with Crippen LogP contribution in [0.25, 0.3) is 0 Å². The molecule has 0 fully saturated rings. The fraction of sp³-hybridized carbons (Fsp3) is 0.613. The van der Waals surface area contributed by atoms with Gasteiger partial charge in [0.15, 0.2) is 0 Å². The summed E-state index contributed by atoms with van der Waals surface area (Å²) in [5.41, 5.74) is 1.82. The molecule has 214 valence electrons. The Bertz CT molecular complexity index is 927. The first-order valence-corrected chi connectivity index (χ1v) is 13.4. The van der Waals surface area contributed by atoms with Crippen LogP contribution in [0.15, 0.2) is 59.4 Å². The van der Waals surface area contributed by atoms with Crippen LogP contribution in [0.2, 0.25) is 0 Å². The monoisotopic (exact) mass is 532 g/mol. The molecule has 7 heteroatoms. The minimum Gasteiger partial charge on any atom is -0.490 e. The van der Waals surface area contributed by atoms with Gasteiger partial charge < -0.3 is 24.4 Å². The van der Waals surface area contributed by atoms with Crippen molar-refractivity contribution in [3.8, 4) is 0 Å². The molecule has 1 heterocycles. The van der Waals surface area contributed by atoms with E-state index in [-0.39, 0.29) is 29.8 Å². The topological polar surface area (TPSA) is 102 Å². The molecule has 0 radical (unpaired) electrons. The molecule has 0 spiro atoms. The van der Waals surface area contributed by atoms with Gasteiger partial charge in [-0.15, -0.1) is 0 Å². The fourth-order valence-corrected chi connectivity index (χ4v) is 4.75. The number of rotatable bonds is 8. The summed E-state index contributed by atoms with van der Waals surface area (Å²) in [6.45, 7) is 13.0. The van der Waals surface area contributed by atoms with Crippen LogP contribution in [0.3, 0.4) is 0 Å². The summed E-state index contributed by atoms with van der Waals surface area (Å²) in [4.78, 5) is 25.8. The third kappa shape index (κ3) is 10.0. The average Bonchev–Trinajstić information content (AvgIpc) is 2.88. The number of ether oxygens (including phenoxy) is 3. The van der Waals surface area contributed by atoms with Crippen LogP contribution in [0.4, 0.5) is 0 Å². The molecule has 0 aromatic heterocycles. The molecule has 1 aliphatic heterocycles. The fourth-order valence-electron chi connectivity index (χ4n) is 4.75. The normalized spacial score (nSPS) is 33.5. The molecule has 0 amide bonds. The maximum Gasteiger partial charge on any atom is 0.373 e. The summed E-state index contributed by atoms with van der Waals surface area (Å²) in [5.74, 6) is -2.26. The number of esters is 1. The van der Waals surface area contributed by atoms with Crippen molar-refractivity contribution in [1.82, 2.24) is 0 Å². The molecule has 1 rings (SSSR count). The number of carbonyl (C=O) groups excluding carboxylic acids is 2.